The Balaban J connectivity index is 2.81. The molecule has 1 atom stereocenters. The number of nitrogens with one attached hydrogen (secondary N) is 1. The maximum absolute atomic E-state index is 11.9. The van der Waals surface area contributed by atoms with Gasteiger partial charge in [-0.15, -0.1) is 0 Å². The van der Waals surface area contributed by atoms with Gasteiger partial charge in [-0.1, -0.05) is 43.0 Å². The number of hydrogen-bond donors (Lipinski definition) is 2. The number of hydrogen-bond acceptors (Lipinski definition) is 3. The Morgan fingerprint density at radius 2 is 2.11 bits per heavy atom. The van der Waals surface area contributed by atoms with E-state index < -0.39 is 17.9 Å². The Morgan fingerprint density at radius 3 is 2.68 bits per heavy atom. The maximum Gasteiger partial charge on any atom is 0.326 e. The van der Waals surface area contributed by atoms with Crippen LogP contribution >= 0.6 is 23.2 Å². The molecule has 0 fully saturated rings. The molecule has 0 bridgehead atoms. The molecule has 0 aromatic carbocycles. The fourth-order valence-electron chi connectivity index (χ4n) is 1.47. The third kappa shape index (κ3) is 4.69. The van der Waals surface area contributed by atoms with Gasteiger partial charge in [-0.05, 0) is 18.6 Å². The van der Waals surface area contributed by atoms with E-state index in [2.05, 4.69) is 10.3 Å². The summed E-state index contributed by atoms with van der Waals surface area (Å²) >= 11 is 11.5. The van der Waals surface area contributed by atoms with Crippen LogP contribution in [0, 0.1) is 0 Å². The summed E-state index contributed by atoms with van der Waals surface area (Å²) in [4.78, 5) is 26.7. The number of rotatable bonds is 6. The molecule has 1 rings (SSSR count). The van der Waals surface area contributed by atoms with E-state index in [0.29, 0.717) is 12.8 Å². The van der Waals surface area contributed by atoms with Gasteiger partial charge in [0.15, 0.2) is 0 Å². The van der Waals surface area contributed by atoms with E-state index in [1.807, 2.05) is 6.92 Å². The van der Waals surface area contributed by atoms with Crippen molar-refractivity contribution in [3.05, 3.63) is 28.0 Å². The van der Waals surface area contributed by atoms with Crippen molar-refractivity contribution in [1.29, 1.82) is 0 Å². The second kappa shape index (κ2) is 7.31. The molecule has 0 aliphatic carbocycles. The van der Waals surface area contributed by atoms with Gasteiger partial charge in [-0.2, -0.15) is 0 Å². The van der Waals surface area contributed by atoms with Gasteiger partial charge in [-0.3, -0.25) is 4.79 Å². The van der Waals surface area contributed by atoms with Crippen molar-refractivity contribution in [3.8, 4) is 0 Å². The van der Waals surface area contributed by atoms with E-state index in [1.165, 1.54) is 12.1 Å². The van der Waals surface area contributed by atoms with E-state index in [9.17, 15) is 9.59 Å². The number of carbonyl (C=O) groups is 2. The summed E-state index contributed by atoms with van der Waals surface area (Å²) in [5.41, 5.74) is -0.0723. The molecule has 0 saturated heterocycles. The van der Waals surface area contributed by atoms with Crippen molar-refractivity contribution in [2.75, 3.05) is 0 Å². The van der Waals surface area contributed by atoms with Gasteiger partial charge in [0, 0.05) is 0 Å². The minimum atomic E-state index is -1.08. The number of nitrogens with zero attached hydrogens (tertiary/aromatic N) is 1. The second-order valence-electron chi connectivity index (χ2n) is 3.97. The van der Waals surface area contributed by atoms with Gasteiger partial charge in [0.2, 0.25) is 0 Å². The molecule has 7 heteroatoms. The summed E-state index contributed by atoms with van der Waals surface area (Å²) in [7, 11) is 0. The molecule has 104 valence electrons. The molecular weight excluding hydrogens is 291 g/mol. The predicted molar refractivity (Wildman–Crippen MR) is 72.7 cm³/mol. The highest BCUT2D eigenvalue weighted by molar-refractivity contribution is 6.34. The first-order valence-corrected chi connectivity index (χ1v) is 6.57. The Bertz CT molecular complexity index is 480. The minimum Gasteiger partial charge on any atom is -0.480 e. The third-order valence-electron chi connectivity index (χ3n) is 2.48. The van der Waals surface area contributed by atoms with Crippen LogP contribution in [0.4, 0.5) is 0 Å². The Labute approximate surface area is 120 Å². The van der Waals surface area contributed by atoms with Gasteiger partial charge in [-0.25, -0.2) is 9.78 Å². The van der Waals surface area contributed by atoms with Crippen LogP contribution in [-0.2, 0) is 4.79 Å². The fraction of sp³-hybridized carbons (Fsp3) is 0.417. The van der Waals surface area contributed by atoms with Crippen LogP contribution in [-0.4, -0.2) is 28.0 Å². The van der Waals surface area contributed by atoms with Crippen LogP contribution in [0.2, 0.25) is 10.2 Å². The van der Waals surface area contributed by atoms with Crippen molar-refractivity contribution in [1.82, 2.24) is 10.3 Å². The van der Waals surface area contributed by atoms with E-state index in [1.54, 1.807) is 0 Å². The van der Waals surface area contributed by atoms with E-state index in [4.69, 9.17) is 28.3 Å². The topological polar surface area (TPSA) is 79.3 Å². The molecule has 19 heavy (non-hydrogen) atoms. The summed E-state index contributed by atoms with van der Waals surface area (Å²) in [5, 5.41) is 11.7. The van der Waals surface area contributed by atoms with Crippen LogP contribution in [0.1, 0.15) is 36.7 Å². The number of halogens is 2. The Kier molecular flexibility index (Phi) is 6.05. The molecule has 0 saturated carbocycles. The highest BCUT2D eigenvalue weighted by atomic mass is 35.5. The van der Waals surface area contributed by atoms with Crippen molar-refractivity contribution in [3.63, 3.8) is 0 Å². The number of carbonyl (C=O) groups excluding carboxylic acids is 1. The number of carboxylic acid groups (broad SMARTS) is 1. The zero-order valence-corrected chi connectivity index (χ0v) is 11.8. The maximum atomic E-state index is 11.9. The zero-order valence-electron chi connectivity index (χ0n) is 10.3. The minimum absolute atomic E-state index is 0.0723. The smallest absolute Gasteiger partial charge is 0.326 e. The SMILES string of the molecule is CCCC[C@H](NC(=O)c1nc(Cl)ccc1Cl)C(=O)O. The predicted octanol–water partition coefficient (Wildman–Crippen LogP) is 2.76. The second-order valence-corrected chi connectivity index (χ2v) is 4.77. The molecule has 0 aliphatic rings. The largest absolute Gasteiger partial charge is 0.480 e. The first-order valence-electron chi connectivity index (χ1n) is 5.81. The monoisotopic (exact) mass is 304 g/mol. The lowest BCUT2D eigenvalue weighted by molar-refractivity contribution is -0.139. The normalized spacial score (nSPS) is 11.9. The summed E-state index contributed by atoms with van der Waals surface area (Å²) in [6.07, 6.45) is 1.90. The van der Waals surface area contributed by atoms with Crippen LogP contribution in [0.25, 0.3) is 0 Å². The third-order valence-corrected chi connectivity index (χ3v) is 2.99. The molecule has 0 unspecified atom stereocenters. The zero-order chi connectivity index (χ0) is 14.4. The summed E-state index contributed by atoms with van der Waals surface area (Å²) in [6, 6.07) is 1.93. The van der Waals surface area contributed by atoms with Gasteiger partial charge in [0.25, 0.3) is 5.91 Å². The lowest BCUT2D eigenvalue weighted by Gasteiger charge is -2.14. The van der Waals surface area contributed by atoms with Gasteiger partial charge in [0.1, 0.15) is 16.9 Å². The number of carboxylic acids is 1. The van der Waals surface area contributed by atoms with Gasteiger partial charge >= 0.3 is 5.97 Å². The molecule has 1 aromatic rings. The molecule has 0 spiro atoms. The fourth-order valence-corrected chi connectivity index (χ4v) is 1.81. The van der Waals surface area contributed by atoms with Crippen LogP contribution in [0.15, 0.2) is 12.1 Å². The molecule has 1 aromatic heterocycles. The van der Waals surface area contributed by atoms with E-state index >= 15 is 0 Å². The Morgan fingerprint density at radius 1 is 1.42 bits per heavy atom. The van der Waals surface area contributed by atoms with Crippen molar-refractivity contribution >= 4 is 35.1 Å². The number of amides is 1. The molecular formula is C12H14Cl2N2O3. The van der Waals surface area contributed by atoms with Crippen LogP contribution in [0.5, 0.6) is 0 Å². The van der Waals surface area contributed by atoms with Crippen molar-refractivity contribution < 1.29 is 14.7 Å². The van der Waals surface area contributed by atoms with E-state index in [-0.39, 0.29) is 15.9 Å². The quantitative estimate of drug-likeness (QED) is 0.792. The molecule has 5 nitrogen and oxygen atoms in total. The standard InChI is InChI=1S/C12H14Cl2N2O3/c1-2-3-4-8(12(18)19)15-11(17)10-7(13)5-6-9(14)16-10/h5-6,8H,2-4H2,1H3,(H,15,17)(H,18,19)/t8-/m0/s1. The molecule has 0 aliphatic heterocycles. The average Bonchev–Trinajstić information content (AvgIpc) is 2.36. The number of pyridine rings is 1. The molecule has 2 N–H and O–H groups in total. The van der Waals surface area contributed by atoms with Gasteiger partial charge < -0.3 is 10.4 Å². The van der Waals surface area contributed by atoms with Crippen molar-refractivity contribution in [2.45, 2.75) is 32.2 Å². The molecule has 1 amide bonds. The Hall–Kier alpha value is -1.33. The first-order chi connectivity index (χ1) is 8.95. The van der Waals surface area contributed by atoms with Crippen LogP contribution < -0.4 is 5.32 Å². The molecule has 0 radical (unpaired) electrons. The highest BCUT2D eigenvalue weighted by Crippen LogP contribution is 2.17. The molecule has 1 heterocycles. The average molecular weight is 305 g/mol. The number of aromatic nitrogens is 1. The summed E-state index contributed by atoms with van der Waals surface area (Å²) in [6.45, 7) is 1.94. The summed E-state index contributed by atoms with van der Waals surface area (Å²) < 4.78 is 0. The van der Waals surface area contributed by atoms with Crippen molar-refractivity contribution in [2.24, 2.45) is 0 Å². The van der Waals surface area contributed by atoms with Gasteiger partial charge in [0.05, 0.1) is 5.02 Å². The lowest BCUT2D eigenvalue weighted by atomic mass is 10.1. The van der Waals surface area contributed by atoms with Crippen LogP contribution in [0.3, 0.4) is 0 Å². The summed E-state index contributed by atoms with van der Waals surface area (Å²) in [5.74, 6) is -1.73. The number of aliphatic carboxylic acids is 1. The lowest BCUT2D eigenvalue weighted by Crippen LogP contribution is -2.41. The number of unbranched alkanes of at least 4 members (excludes halogenated alkanes) is 1. The highest BCUT2D eigenvalue weighted by Gasteiger charge is 2.22. The van der Waals surface area contributed by atoms with E-state index in [0.717, 1.165) is 6.42 Å². The first kappa shape index (κ1) is 15.7.